The number of hydrogen-bond donors (Lipinski definition) is 3. The number of methoxy groups -OCH3 is 2. The van der Waals surface area contributed by atoms with Crippen LogP contribution in [0.3, 0.4) is 0 Å². The molecular formula is C27H28N2O5. The molecule has 7 heteroatoms. The summed E-state index contributed by atoms with van der Waals surface area (Å²) in [7, 11) is 3.12. The van der Waals surface area contributed by atoms with Crippen molar-refractivity contribution in [1.29, 1.82) is 0 Å². The SMILES string of the molecule is COc1ccc(Cn2c(C(=O)O)c(CNCc3ccc(O)c(OC)c3)c3ccc(C)cc32)cc1. The maximum atomic E-state index is 12.4. The number of fused-ring (bicyclic) bond motifs is 1. The minimum Gasteiger partial charge on any atom is -0.504 e. The average molecular weight is 461 g/mol. The Morgan fingerprint density at radius 3 is 2.35 bits per heavy atom. The largest absolute Gasteiger partial charge is 0.504 e. The fraction of sp³-hybridized carbons (Fsp3) is 0.222. The number of ether oxygens (including phenoxy) is 2. The lowest BCUT2D eigenvalue weighted by molar-refractivity contribution is 0.0684. The number of benzene rings is 3. The Bertz CT molecular complexity index is 1330. The Balaban J connectivity index is 1.68. The van der Waals surface area contributed by atoms with Crippen molar-refractivity contribution < 1.29 is 24.5 Å². The molecule has 0 atom stereocenters. The highest BCUT2D eigenvalue weighted by Gasteiger charge is 2.22. The van der Waals surface area contributed by atoms with Gasteiger partial charge in [-0.1, -0.05) is 30.3 Å². The third-order valence-electron chi connectivity index (χ3n) is 5.90. The molecule has 4 aromatic rings. The number of hydrogen-bond acceptors (Lipinski definition) is 5. The second kappa shape index (κ2) is 9.89. The van der Waals surface area contributed by atoms with Crippen LogP contribution in [0.1, 0.15) is 32.7 Å². The molecule has 1 heterocycles. The van der Waals surface area contributed by atoms with Gasteiger partial charge in [0.1, 0.15) is 11.4 Å². The van der Waals surface area contributed by atoms with E-state index in [0.717, 1.165) is 38.9 Å². The van der Waals surface area contributed by atoms with Gasteiger partial charge in [0.05, 0.1) is 14.2 Å². The van der Waals surface area contributed by atoms with Crippen LogP contribution in [0.2, 0.25) is 0 Å². The van der Waals surface area contributed by atoms with E-state index in [2.05, 4.69) is 5.32 Å². The van der Waals surface area contributed by atoms with Gasteiger partial charge in [0, 0.05) is 36.1 Å². The molecule has 1 aromatic heterocycles. The normalized spacial score (nSPS) is 11.0. The summed E-state index contributed by atoms with van der Waals surface area (Å²) < 4.78 is 12.3. The molecule has 3 N–H and O–H groups in total. The molecule has 4 rings (SSSR count). The average Bonchev–Trinajstić information content (AvgIpc) is 3.13. The number of phenols is 1. The summed E-state index contributed by atoms with van der Waals surface area (Å²) >= 11 is 0. The number of rotatable bonds is 9. The molecule has 7 nitrogen and oxygen atoms in total. The minimum absolute atomic E-state index is 0.0800. The van der Waals surface area contributed by atoms with Crippen molar-refractivity contribution in [1.82, 2.24) is 9.88 Å². The van der Waals surface area contributed by atoms with Crippen molar-refractivity contribution >= 4 is 16.9 Å². The van der Waals surface area contributed by atoms with E-state index in [1.807, 2.05) is 54.0 Å². The van der Waals surface area contributed by atoms with E-state index < -0.39 is 5.97 Å². The van der Waals surface area contributed by atoms with Crippen LogP contribution in [-0.2, 0) is 19.6 Å². The number of aromatic hydroxyl groups is 1. The van der Waals surface area contributed by atoms with Gasteiger partial charge < -0.3 is 29.6 Å². The first-order valence-electron chi connectivity index (χ1n) is 11.0. The molecule has 34 heavy (non-hydrogen) atoms. The van der Waals surface area contributed by atoms with Gasteiger partial charge in [0.2, 0.25) is 0 Å². The van der Waals surface area contributed by atoms with E-state index in [1.54, 1.807) is 25.3 Å². The predicted molar refractivity (Wildman–Crippen MR) is 131 cm³/mol. The van der Waals surface area contributed by atoms with Crippen molar-refractivity contribution in [3.05, 3.63) is 88.6 Å². The second-order valence-electron chi connectivity index (χ2n) is 8.20. The molecule has 0 aliphatic carbocycles. The zero-order valence-corrected chi connectivity index (χ0v) is 19.5. The topological polar surface area (TPSA) is 93.0 Å². The Morgan fingerprint density at radius 2 is 1.68 bits per heavy atom. The smallest absolute Gasteiger partial charge is 0.352 e. The fourth-order valence-electron chi connectivity index (χ4n) is 4.20. The molecule has 0 unspecified atom stereocenters. The highest BCUT2D eigenvalue weighted by atomic mass is 16.5. The molecular weight excluding hydrogens is 432 g/mol. The van der Waals surface area contributed by atoms with Gasteiger partial charge >= 0.3 is 5.97 Å². The van der Waals surface area contributed by atoms with E-state index >= 15 is 0 Å². The molecule has 0 fully saturated rings. The number of carboxylic acids is 1. The van der Waals surface area contributed by atoms with Crippen LogP contribution >= 0.6 is 0 Å². The number of phenolic OH excluding ortho intramolecular Hbond substituents is 1. The van der Waals surface area contributed by atoms with Crippen LogP contribution in [0.25, 0.3) is 10.9 Å². The first-order chi connectivity index (χ1) is 16.4. The first kappa shape index (κ1) is 23.2. The summed E-state index contributed by atoms with van der Waals surface area (Å²) in [5.41, 5.74) is 4.86. The van der Waals surface area contributed by atoms with Crippen molar-refractivity contribution in [3.63, 3.8) is 0 Å². The number of carboxylic acid groups (broad SMARTS) is 1. The first-order valence-corrected chi connectivity index (χ1v) is 11.0. The van der Waals surface area contributed by atoms with Crippen LogP contribution in [0, 0.1) is 6.92 Å². The molecule has 0 aliphatic rings. The number of nitrogens with one attached hydrogen (secondary N) is 1. The predicted octanol–water partition coefficient (Wildman–Crippen LogP) is 4.71. The van der Waals surface area contributed by atoms with E-state index in [9.17, 15) is 15.0 Å². The van der Waals surface area contributed by atoms with Gasteiger partial charge in [-0.2, -0.15) is 0 Å². The summed E-state index contributed by atoms with van der Waals surface area (Å²) in [6.07, 6.45) is 0. The van der Waals surface area contributed by atoms with Crippen LogP contribution in [0.4, 0.5) is 0 Å². The molecule has 3 aromatic carbocycles. The lowest BCUT2D eigenvalue weighted by Crippen LogP contribution is -2.17. The summed E-state index contributed by atoms with van der Waals surface area (Å²) in [6, 6.07) is 18.8. The van der Waals surface area contributed by atoms with Gasteiger partial charge in [-0.25, -0.2) is 4.79 Å². The van der Waals surface area contributed by atoms with E-state index in [-0.39, 0.29) is 11.4 Å². The Morgan fingerprint density at radius 1 is 0.941 bits per heavy atom. The quantitative estimate of drug-likeness (QED) is 0.335. The zero-order valence-electron chi connectivity index (χ0n) is 19.5. The van der Waals surface area contributed by atoms with Gasteiger partial charge in [0.15, 0.2) is 11.5 Å². The summed E-state index contributed by atoms with van der Waals surface area (Å²) in [4.78, 5) is 12.4. The molecule has 0 saturated carbocycles. The zero-order chi connectivity index (χ0) is 24.2. The fourth-order valence-corrected chi connectivity index (χ4v) is 4.20. The van der Waals surface area contributed by atoms with Crippen molar-refractivity contribution in [2.24, 2.45) is 0 Å². The van der Waals surface area contributed by atoms with Crippen molar-refractivity contribution in [2.75, 3.05) is 14.2 Å². The molecule has 0 saturated heterocycles. The Hall–Kier alpha value is -3.97. The highest BCUT2D eigenvalue weighted by Crippen LogP contribution is 2.30. The Labute approximate surface area is 198 Å². The molecule has 0 aliphatic heterocycles. The summed E-state index contributed by atoms with van der Waals surface area (Å²) in [6.45, 7) is 3.30. The Kier molecular flexibility index (Phi) is 6.75. The van der Waals surface area contributed by atoms with Crippen LogP contribution in [-0.4, -0.2) is 35.0 Å². The second-order valence-corrected chi connectivity index (χ2v) is 8.20. The number of nitrogens with zero attached hydrogens (tertiary/aromatic N) is 1. The number of aromatic carboxylic acids is 1. The minimum atomic E-state index is -0.967. The highest BCUT2D eigenvalue weighted by molar-refractivity contribution is 5.98. The van der Waals surface area contributed by atoms with Gasteiger partial charge in [-0.3, -0.25) is 0 Å². The number of aromatic nitrogens is 1. The van der Waals surface area contributed by atoms with E-state index in [0.29, 0.717) is 25.4 Å². The molecule has 0 amide bonds. The summed E-state index contributed by atoms with van der Waals surface area (Å²) in [5, 5.41) is 24.3. The maximum Gasteiger partial charge on any atom is 0.352 e. The summed E-state index contributed by atoms with van der Waals surface area (Å²) in [5.74, 6) is 0.269. The van der Waals surface area contributed by atoms with Crippen molar-refractivity contribution in [3.8, 4) is 17.2 Å². The lowest BCUT2D eigenvalue weighted by Gasteiger charge is -2.11. The van der Waals surface area contributed by atoms with Gasteiger partial charge in [-0.15, -0.1) is 0 Å². The van der Waals surface area contributed by atoms with Crippen LogP contribution < -0.4 is 14.8 Å². The number of carbonyl (C=O) groups is 1. The maximum absolute atomic E-state index is 12.4. The molecule has 0 bridgehead atoms. The van der Waals surface area contributed by atoms with Gasteiger partial charge in [-0.05, 0) is 53.9 Å². The number of aryl methyl sites for hydroxylation is 1. The van der Waals surface area contributed by atoms with E-state index in [4.69, 9.17) is 9.47 Å². The molecule has 0 spiro atoms. The lowest BCUT2D eigenvalue weighted by atomic mass is 10.1. The van der Waals surface area contributed by atoms with Crippen LogP contribution in [0.5, 0.6) is 17.2 Å². The van der Waals surface area contributed by atoms with Crippen LogP contribution in [0.15, 0.2) is 60.7 Å². The van der Waals surface area contributed by atoms with Crippen molar-refractivity contribution in [2.45, 2.75) is 26.6 Å². The third-order valence-corrected chi connectivity index (χ3v) is 5.90. The molecule has 176 valence electrons. The standard InChI is InChI=1S/C27H28N2O5/c1-17-4-10-21-22(15-28-14-19-7-11-24(30)25(13-19)34-3)26(27(31)32)29(23(21)12-17)16-18-5-8-20(33-2)9-6-18/h4-13,28,30H,14-16H2,1-3H3,(H,31,32). The third kappa shape index (κ3) is 4.70. The van der Waals surface area contributed by atoms with E-state index in [1.165, 1.54) is 7.11 Å². The molecule has 0 radical (unpaired) electrons. The monoisotopic (exact) mass is 460 g/mol. The van der Waals surface area contributed by atoms with Gasteiger partial charge in [0.25, 0.3) is 0 Å².